The molecule has 6 nitrogen and oxygen atoms in total. The molecule has 0 aromatic heterocycles. The minimum atomic E-state index is -0.782. The summed E-state index contributed by atoms with van der Waals surface area (Å²) in [6.45, 7) is 6.44. The molecule has 0 amide bonds. The highest BCUT2D eigenvalue weighted by molar-refractivity contribution is 5.71. The Morgan fingerprint density at radius 2 is 0.695 bits per heavy atom. The summed E-state index contributed by atoms with van der Waals surface area (Å²) in [6.07, 6.45) is 57.7. The molecular formula is C53H92O6. The van der Waals surface area contributed by atoms with Crippen molar-refractivity contribution in [3.8, 4) is 0 Å². The zero-order chi connectivity index (χ0) is 43.0. The lowest BCUT2D eigenvalue weighted by molar-refractivity contribution is -0.167. The van der Waals surface area contributed by atoms with Crippen LogP contribution in [0.4, 0.5) is 0 Å². The Kier molecular flexibility index (Phi) is 45.4. The van der Waals surface area contributed by atoms with Crippen molar-refractivity contribution in [2.24, 2.45) is 0 Å². The van der Waals surface area contributed by atoms with E-state index in [0.29, 0.717) is 19.3 Å². The van der Waals surface area contributed by atoms with E-state index in [1.165, 1.54) is 83.5 Å². The summed E-state index contributed by atoms with van der Waals surface area (Å²) < 4.78 is 16.7. The average Bonchev–Trinajstić information content (AvgIpc) is 3.23. The van der Waals surface area contributed by atoms with Gasteiger partial charge >= 0.3 is 17.9 Å². The molecule has 0 aromatic rings. The van der Waals surface area contributed by atoms with Crippen LogP contribution in [-0.2, 0) is 28.6 Å². The molecule has 0 bridgehead atoms. The predicted molar refractivity (Wildman–Crippen MR) is 251 cm³/mol. The standard InChI is InChI=1S/C53H92O6/c1-4-7-10-13-16-19-22-24-25-26-27-29-31-34-37-40-43-46-52(55)58-49-50(48-57-51(54)45-42-39-36-33-30-21-18-15-12-9-6-3)59-53(56)47-44-41-38-35-32-28-23-20-17-14-11-8-5-2/h7,10-11,14,16,19-20,23-25,50H,4-6,8-9,12-13,15,17-18,21-22,26-49H2,1-3H3/b10-7-,14-11-,19-16-,23-20-,25-24-. The largest absolute Gasteiger partial charge is 0.462 e. The minimum absolute atomic E-state index is 0.0818. The van der Waals surface area contributed by atoms with Gasteiger partial charge < -0.3 is 14.2 Å². The van der Waals surface area contributed by atoms with Crippen LogP contribution in [0, 0.1) is 0 Å². The maximum absolute atomic E-state index is 12.7. The number of carbonyl (C=O) groups excluding carboxylic acids is 3. The molecule has 0 heterocycles. The van der Waals surface area contributed by atoms with Crippen LogP contribution in [0.15, 0.2) is 60.8 Å². The number of allylic oxidation sites excluding steroid dienone is 10. The fraction of sp³-hybridized carbons (Fsp3) is 0.755. The fourth-order valence-corrected chi connectivity index (χ4v) is 6.79. The van der Waals surface area contributed by atoms with Crippen molar-refractivity contribution in [3.05, 3.63) is 60.8 Å². The zero-order valence-electron chi connectivity index (χ0n) is 38.8. The summed E-state index contributed by atoms with van der Waals surface area (Å²) in [4.78, 5) is 37.9. The van der Waals surface area contributed by atoms with Crippen LogP contribution >= 0.6 is 0 Å². The molecule has 0 aromatic carbocycles. The maximum Gasteiger partial charge on any atom is 0.306 e. The first-order chi connectivity index (χ1) is 29.0. The number of esters is 3. The van der Waals surface area contributed by atoms with E-state index in [1.54, 1.807) is 0 Å². The third-order valence-electron chi connectivity index (χ3n) is 10.5. The van der Waals surface area contributed by atoms with Gasteiger partial charge in [-0.05, 0) is 77.0 Å². The van der Waals surface area contributed by atoms with E-state index in [9.17, 15) is 14.4 Å². The van der Waals surface area contributed by atoms with Gasteiger partial charge in [0.05, 0.1) is 0 Å². The van der Waals surface area contributed by atoms with Crippen LogP contribution in [0.5, 0.6) is 0 Å². The van der Waals surface area contributed by atoms with Gasteiger partial charge in [0, 0.05) is 19.3 Å². The van der Waals surface area contributed by atoms with Crippen LogP contribution in [0.2, 0.25) is 0 Å². The van der Waals surface area contributed by atoms with E-state index in [1.807, 2.05) is 0 Å². The topological polar surface area (TPSA) is 78.9 Å². The van der Waals surface area contributed by atoms with Crippen molar-refractivity contribution in [3.63, 3.8) is 0 Å². The molecule has 1 unspecified atom stereocenters. The molecule has 0 fully saturated rings. The molecule has 0 spiro atoms. The third-order valence-corrected chi connectivity index (χ3v) is 10.5. The van der Waals surface area contributed by atoms with Gasteiger partial charge in [-0.3, -0.25) is 14.4 Å². The number of hydrogen-bond acceptors (Lipinski definition) is 6. The van der Waals surface area contributed by atoms with Crippen molar-refractivity contribution < 1.29 is 28.6 Å². The van der Waals surface area contributed by atoms with Gasteiger partial charge in [-0.2, -0.15) is 0 Å². The van der Waals surface area contributed by atoms with Crippen molar-refractivity contribution in [2.75, 3.05) is 13.2 Å². The summed E-state index contributed by atoms with van der Waals surface area (Å²) in [7, 11) is 0. The summed E-state index contributed by atoms with van der Waals surface area (Å²) >= 11 is 0. The number of rotatable bonds is 44. The summed E-state index contributed by atoms with van der Waals surface area (Å²) in [5.41, 5.74) is 0. The monoisotopic (exact) mass is 825 g/mol. The predicted octanol–water partition coefficient (Wildman–Crippen LogP) is 16.1. The Bertz CT molecular complexity index is 1090. The second-order valence-corrected chi connectivity index (χ2v) is 16.3. The lowest BCUT2D eigenvalue weighted by Gasteiger charge is -2.18. The van der Waals surface area contributed by atoms with Crippen molar-refractivity contribution in [2.45, 2.75) is 245 Å². The summed E-state index contributed by atoms with van der Waals surface area (Å²) in [5.74, 6) is -0.905. The minimum Gasteiger partial charge on any atom is -0.462 e. The quantitative estimate of drug-likeness (QED) is 0.0263. The van der Waals surface area contributed by atoms with Crippen LogP contribution in [-0.4, -0.2) is 37.2 Å². The Morgan fingerprint density at radius 3 is 1.10 bits per heavy atom. The van der Waals surface area contributed by atoms with E-state index in [4.69, 9.17) is 14.2 Å². The lowest BCUT2D eigenvalue weighted by Crippen LogP contribution is -2.30. The Morgan fingerprint density at radius 1 is 0.356 bits per heavy atom. The molecule has 0 saturated carbocycles. The van der Waals surface area contributed by atoms with Gasteiger partial charge in [0.25, 0.3) is 0 Å². The molecule has 0 N–H and O–H groups in total. The Labute approximate surface area is 364 Å². The first-order valence-corrected chi connectivity index (χ1v) is 24.8. The van der Waals surface area contributed by atoms with Crippen molar-refractivity contribution in [1.29, 1.82) is 0 Å². The molecule has 0 radical (unpaired) electrons. The van der Waals surface area contributed by atoms with Crippen LogP contribution in [0.1, 0.15) is 239 Å². The second kappa shape index (κ2) is 47.8. The molecule has 0 aliphatic carbocycles. The van der Waals surface area contributed by atoms with Crippen molar-refractivity contribution >= 4 is 17.9 Å². The fourth-order valence-electron chi connectivity index (χ4n) is 6.79. The van der Waals surface area contributed by atoms with Gasteiger partial charge in [-0.25, -0.2) is 0 Å². The highest BCUT2D eigenvalue weighted by atomic mass is 16.6. The molecule has 0 aliphatic rings. The third kappa shape index (κ3) is 46.0. The molecule has 59 heavy (non-hydrogen) atoms. The number of hydrogen-bond donors (Lipinski definition) is 0. The molecule has 340 valence electrons. The molecule has 6 heteroatoms. The van der Waals surface area contributed by atoms with Crippen LogP contribution in [0.25, 0.3) is 0 Å². The molecule has 0 rings (SSSR count). The Hall–Kier alpha value is -2.89. The van der Waals surface area contributed by atoms with Crippen LogP contribution in [0.3, 0.4) is 0 Å². The Balaban J connectivity index is 4.38. The van der Waals surface area contributed by atoms with E-state index < -0.39 is 6.10 Å². The van der Waals surface area contributed by atoms with Gasteiger partial charge in [0.2, 0.25) is 0 Å². The number of unbranched alkanes of at least 4 members (excludes halogenated alkanes) is 23. The smallest absolute Gasteiger partial charge is 0.306 e. The van der Waals surface area contributed by atoms with E-state index in [-0.39, 0.29) is 31.1 Å². The first-order valence-electron chi connectivity index (χ1n) is 24.8. The van der Waals surface area contributed by atoms with Gasteiger partial charge in [0.15, 0.2) is 6.10 Å². The lowest BCUT2D eigenvalue weighted by atomic mass is 10.1. The average molecular weight is 825 g/mol. The molecule has 0 saturated heterocycles. The number of ether oxygens (including phenoxy) is 3. The molecular weight excluding hydrogens is 733 g/mol. The normalized spacial score (nSPS) is 12.5. The van der Waals surface area contributed by atoms with Crippen molar-refractivity contribution in [1.82, 2.24) is 0 Å². The van der Waals surface area contributed by atoms with Gasteiger partial charge in [0.1, 0.15) is 13.2 Å². The van der Waals surface area contributed by atoms with E-state index >= 15 is 0 Å². The highest BCUT2D eigenvalue weighted by Gasteiger charge is 2.19. The SMILES string of the molecule is CC/C=C\C/C=C\C/C=C\CCCCCCCCCC(=O)OCC(COC(=O)CCCCCCCCCCCCC)OC(=O)CCCCCCC/C=C\C/C=C\CCC. The van der Waals surface area contributed by atoms with Gasteiger partial charge in [-0.1, -0.05) is 204 Å². The molecule has 1 atom stereocenters. The van der Waals surface area contributed by atoms with Gasteiger partial charge in [-0.15, -0.1) is 0 Å². The second-order valence-electron chi connectivity index (χ2n) is 16.3. The highest BCUT2D eigenvalue weighted by Crippen LogP contribution is 2.14. The maximum atomic E-state index is 12.7. The van der Waals surface area contributed by atoms with E-state index in [2.05, 4.69) is 81.5 Å². The zero-order valence-corrected chi connectivity index (χ0v) is 38.8. The molecule has 0 aliphatic heterocycles. The first kappa shape index (κ1) is 56.1. The van der Waals surface area contributed by atoms with E-state index in [0.717, 1.165) is 116 Å². The summed E-state index contributed by atoms with van der Waals surface area (Å²) in [6, 6.07) is 0. The number of carbonyl (C=O) groups is 3. The summed E-state index contributed by atoms with van der Waals surface area (Å²) in [5, 5.41) is 0. The van der Waals surface area contributed by atoms with Crippen LogP contribution < -0.4 is 0 Å².